The van der Waals surface area contributed by atoms with Gasteiger partial charge in [0.05, 0.1) is 16.6 Å². The van der Waals surface area contributed by atoms with Gasteiger partial charge in [0.15, 0.2) is 0 Å². The van der Waals surface area contributed by atoms with Crippen LogP contribution in [0, 0.1) is 12.3 Å². The van der Waals surface area contributed by atoms with Gasteiger partial charge < -0.3 is 9.31 Å². The highest BCUT2D eigenvalue weighted by Gasteiger charge is 2.53. The maximum absolute atomic E-state index is 6.58. The second kappa shape index (κ2) is 10.8. The fourth-order valence-electron chi connectivity index (χ4n) is 7.71. The average molecular weight is 615 g/mol. The summed E-state index contributed by atoms with van der Waals surface area (Å²) in [5, 5.41) is 0. The van der Waals surface area contributed by atoms with E-state index in [1.54, 1.807) is 6.92 Å². The summed E-state index contributed by atoms with van der Waals surface area (Å²) in [6.45, 7) is 17.1. The average Bonchev–Trinajstić information content (AvgIpc) is 3.42. The van der Waals surface area contributed by atoms with E-state index in [2.05, 4.69) is 170 Å². The minimum Gasteiger partial charge on any atom is -0.399 e. The predicted octanol–water partition coefficient (Wildman–Crippen LogP) is 9.93. The Labute approximate surface area is 281 Å². The van der Waals surface area contributed by atoms with Crippen LogP contribution >= 0.6 is 0 Å². The molecule has 2 nitrogen and oxygen atoms in total. The zero-order valence-electron chi connectivity index (χ0n) is 28.9. The van der Waals surface area contributed by atoms with Crippen LogP contribution in [0.3, 0.4) is 0 Å². The van der Waals surface area contributed by atoms with Gasteiger partial charge in [-0.1, -0.05) is 130 Å². The van der Waals surface area contributed by atoms with Crippen molar-refractivity contribution in [1.82, 2.24) is 0 Å². The summed E-state index contributed by atoms with van der Waals surface area (Å²) in [6, 6.07) is 41.1. The van der Waals surface area contributed by atoms with Gasteiger partial charge in [0, 0.05) is 0 Å². The van der Waals surface area contributed by atoms with Gasteiger partial charge in [-0.25, -0.2) is 0 Å². The van der Waals surface area contributed by atoms with E-state index >= 15 is 0 Å². The molecule has 1 atom stereocenters. The Bertz CT molecular complexity index is 2060. The second-order valence-corrected chi connectivity index (χ2v) is 15.1. The van der Waals surface area contributed by atoms with E-state index in [0.717, 1.165) is 5.46 Å². The fourth-order valence-corrected chi connectivity index (χ4v) is 7.71. The molecule has 5 aromatic carbocycles. The Hall–Kier alpha value is -4.36. The molecule has 0 bridgehead atoms. The van der Waals surface area contributed by atoms with Crippen molar-refractivity contribution < 1.29 is 9.31 Å². The van der Waals surface area contributed by atoms with Crippen molar-refractivity contribution in [3.8, 4) is 45.7 Å². The molecular weight excluding hydrogens is 571 g/mol. The van der Waals surface area contributed by atoms with Crippen LogP contribution in [0.4, 0.5) is 0 Å². The molecule has 0 radical (unpaired) electrons. The van der Waals surface area contributed by atoms with E-state index in [0.29, 0.717) is 0 Å². The Balaban J connectivity index is 0.00000113. The first-order chi connectivity index (χ1) is 22.3. The third-order valence-corrected chi connectivity index (χ3v) is 10.7. The molecule has 3 aliphatic rings. The van der Waals surface area contributed by atoms with Gasteiger partial charge in [-0.2, -0.15) is 0 Å². The summed E-state index contributed by atoms with van der Waals surface area (Å²) in [7, 11) is -0.435. The lowest BCUT2D eigenvalue weighted by Crippen LogP contribution is -2.41. The first-order valence-electron chi connectivity index (χ1n) is 16.7. The maximum atomic E-state index is 6.58. The lowest BCUT2D eigenvalue weighted by Gasteiger charge is -2.36. The maximum Gasteiger partial charge on any atom is 0.494 e. The molecule has 1 unspecified atom stereocenters. The Morgan fingerprint density at radius 1 is 0.553 bits per heavy atom. The Morgan fingerprint density at radius 3 is 1.55 bits per heavy atom. The molecule has 8 rings (SSSR count). The van der Waals surface area contributed by atoms with Crippen LogP contribution in [0.5, 0.6) is 0 Å². The molecule has 234 valence electrons. The summed E-state index contributed by atoms with van der Waals surface area (Å²) in [5.41, 5.74) is 14.0. The smallest absolute Gasteiger partial charge is 0.399 e. The van der Waals surface area contributed by atoms with Gasteiger partial charge in [-0.3, -0.25) is 0 Å². The van der Waals surface area contributed by atoms with E-state index in [1.807, 2.05) is 0 Å². The number of rotatable bonds is 1. The van der Waals surface area contributed by atoms with Gasteiger partial charge >= 0.3 is 7.12 Å². The standard InChI is InChI=1S/C41H39BO2.C3H4/c1-38(2,3)26-20-22-32-31-17-11-13-19-35(31)41(37(32)24-26)34-18-12-10-16-30(34)28-14-8-9-15-29(28)33-25-27(21-23-36(33)41)42-43-39(4,5)40(6,7)44-42;1-3-2/h8-25H,1-7H3;1H,2H3. The number of fused-ring (bicyclic) bond motifs is 12. The molecule has 0 N–H and O–H groups in total. The van der Waals surface area contributed by atoms with Gasteiger partial charge in [-0.05, 0) is 107 Å². The van der Waals surface area contributed by atoms with E-state index in [4.69, 9.17) is 9.31 Å². The van der Waals surface area contributed by atoms with Crippen LogP contribution in [0.2, 0.25) is 0 Å². The highest BCUT2D eigenvalue weighted by Crippen LogP contribution is 2.61. The fraction of sp³-hybridized carbons (Fsp3) is 0.273. The van der Waals surface area contributed by atoms with Crippen molar-refractivity contribution in [2.45, 2.75) is 77.4 Å². The molecule has 1 aliphatic heterocycles. The summed E-state index contributed by atoms with van der Waals surface area (Å²) >= 11 is 0. The van der Waals surface area contributed by atoms with Crippen molar-refractivity contribution in [3.05, 3.63) is 137 Å². The Morgan fingerprint density at radius 2 is 1.00 bits per heavy atom. The van der Waals surface area contributed by atoms with Crippen LogP contribution in [-0.2, 0) is 20.1 Å². The molecule has 3 heteroatoms. The van der Waals surface area contributed by atoms with Crippen molar-refractivity contribution in [2.24, 2.45) is 0 Å². The molecule has 2 aliphatic carbocycles. The van der Waals surface area contributed by atoms with Crippen LogP contribution in [0.15, 0.2) is 109 Å². The predicted molar refractivity (Wildman–Crippen MR) is 197 cm³/mol. The van der Waals surface area contributed by atoms with Crippen LogP contribution in [0.1, 0.15) is 83.2 Å². The van der Waals surface area contributed by atoms with E-state index in [-0.39, 0.29) is 5.41 Å². The normalized spacial score (nSPS) is 19.3. The van der Waals surface area contributed by atoms with E-state index in [1.165, 1.54) is 61.2 Å². The van der Waals surface area contributed by atoms with Gasteiger partial charge in [0.25, 0.3) is 0 Å². The molecule has 5 aromatic rings. The van der Waals surface area contributed by atoms with Crippen LogP contribution in [0.25, 0.3) is 33.4 Å². The van der Waals surface area contributed by atoms with Crippen molar-refractivity contribution in [3.63, 3.8) is 0 Å². The summed E-state index contributed by atoms with van der Waals surface area (Å²) in [5.74, 6) is 2.25. The minimum absolute atomic E-state index is 0.0155. The topological polar surface area (TPSA) is 18.5 Å². The summed E-state index contributed by atoms with van der Waals surface area (Å²) < 4.78 is 13.2. The number of hydrogen-bond donors (Lipinski definition) is 0. The molecule has 1 fully saturated rings. The van der Waals surface area contributed by atoms with Crippen LogP contribution < -0.4 is 5.46 Å². The molecule has 0 saturated carbocycles. The second-order valence-electron chi connectivity index (χ2n) is 15.1. The highest BCUT2D eigenvalue weighted by atomic mass is 16.7. The quantitative estimate of drug-likeness (QED) is 0.135. The first-order valence-corrected chi connectivity index (χ1v) is 16.7. The van der Waals surface area contributed by atoms with Gasteiger partial charge in [-0.15, -0.1) is 12.3 Å². The first kappa shape index (κ1) is 31.3. The van der Waals surface area contributed by atoms with Crippen molar-refractivity contribution >= 4 is 12.6 Å². The molecule has 0 amide bonds. The summed E-state index contributed by atoms with van der Waals surface area (Å²) in [6.07, 6.45) is 4.60. The summed E-state index contributed by atoms with van der Waals surface area (Å²) in [4.78, 5) is 0. The molecule has 0 aromatic heterocycles. The molecule has 47 heavy (non-hydrogen) atoms. The zero-order valence-corrected chi connectivity index (χ0v) is 28.9. The lowest BCUT2D eigenvalue weighted by molar-refractivity contribution is 0.00578. The van der Waals surface area contributed by atoms with Gasteiger partial charge in [0.2, 0.25) is 0 Å². The lowest BCUT2D eigenvalue weighted by atomic mass is 9.64. The van der Waals surface area contributed by atoms with Crippen molar-refractivity contribution in [2.75, 3.05) is 0 Å². The molecule has 1 heterocycles. The SMILES string of the molecule is C#CC.CC(C)(C)c1ccc2c(c1)C1(c3ccccc3-c3ccccc3-c3cc(B4OC(C)(C)C(C)(C)O4)ccc31)c1ccccc1-2. The third kappa shape index (κ3) is 4.57. The molecule has 1 saturated heterocycles. The largest absolute Gasteiger partial charge is 0.494 e. The van der Waals surface area contributed by atoms with E-state index < -0.39 is 23.7 Å². The number of terminal acetylenes is 1. The number of hydrogen-bond acceptors (Lipinski definition) is 2. The van der Waals surface area contributed by atoms with E-state index in [9.17, 15) is 0 Å². The monoisotopic (exact) mass is 614 g/mol. The van der Waals surface area contributed by atoms with Crippen molar-refractivity contribution in [1.29, 1.82) is 0 Å². The zero-order chi connectivity index (χ0) is 33.4. The highest BCUT2D eigenvalue weighted by molar-refractivity contribution is 6.62. The molecule has 1 spiro atoms. The van der Waals surface area contributed by atoms with Gasteiger partial charge in [0.1, 0.15) is 0 Å². The Kier molecular flexibility index (Phi) is 7.21. The third-order valence-electron chi connectivity index (χ3n) is 10.7. The minimum atomic E-state index is -0.493. The van der Waals surface area contributed by atoms with Crippen LogP contribution in [-0.4, -0.2) is 18.3 Å². The number of benzene rings is 5. The molecular formula is C44H43BO2.